The van der Waals surface area contributed by atoms with E-state index in [1.165, 1.54) is 12.1 Å². The topological polar surface area (TPSA) is 59.0 Å². The number of carbonyl (C=O) groups is 1. The molecule has 0 radical (unpaired) electrons. The minimum Gasteiger partial charge on any atom is -0.354 e. The number of carbonyl (C=O) groups excluding carboxylic acids is 1. The minimum absolute atomic E-state index is 0. The van der Waals surface area contributed by atoms with E-state index >= 15 is 0 Å². The molecule has 0 unspecified atom stereocenters. The quantitative estimate of drug-likeness (QED) is 0.876. The van der Waals surface area contributed by atoms with Gasteiger partial charge in [-0.3, -0.25) is 4.79 Å². The van der Waals surface area contributed by atoms with Crippen LogP contribution in [0.1, 0.15) is 24.2 Å². The third kappa shape index (κ3) is 3.52. The number of rotatable bonds is 4. The Morgan fingerprint density at radius 3 is 2.67 bits per heavy atom. The Bertz CT molecular complexity index is 471. The Labute approximate surface area is 138 Å². The number of piperidine rings is 1. The molecule has 2 bridgehead atoms. The van der Waals surface area contributed by atoms with Gasteiger partial charge in [-0.25, -0.2) is 4.98 Å². The van der Waals surface area contributed by atoms with Gasteiger partial charge >= 0.3 is 0 Å². The maximum atomic E-state index is 12.2. The largest absolute Gasteiger partial charge is 0.354 e. The van der Waals surface area contributed by atoms with Gasteiger partial charge in [-0.15, -0.1) is 24.8 Å². The molecule has 5 nitrogen and oxygen atoms in total. The number of nitrogens with zero attached hydrogens (tertiary/aromatic N) is 2. The van der Waals surface area contributed by atoms with Crippen LogP contribution in [0.2, 0.25) is 0 Å². The van der Waals surface area contributed by atoms with Crippen molar-refractivity contribution in [1.29, 1.82) is 0 Å². The highest BCUT2D eigenvalue weighted by Gasteiger charge is 2.45. The molecule has 7 heteroatoms. The summed E-state index contributed by atoms with van der Waals surface area (Å²) in [6.07, 6.45) is 4.20. The van der Waals surface area contributed by atoms with E-state index in [4.69, 9.17) is 0 Å². The lowest BCUT2D eigenvalue weighted by atomic mass is 9.97. The second-order valence-electron chi connectivity index (χ2n) is 5.78. The monoisotopic (exact) mass is 334 g/mol. The van der Waals surface area contributed by atoms with Crippen LogP contribution in [0, 0.1) is 25.7 Å². The summed E-state index contributed by atoms with van der Waals surface area (Å²) in [7, 11) is 0. The summed E-state index contributed by atoms with van der Waals surface area (Å²) in [5, 5.41) is 6.51. The predicted octanol–water partition coefficient (Wildman–Crippen LogP) is 1.46. The Morgan fingerprint density at radius 2 is 2.19 bits per heavy atom. The van der Waals surface area contributed by atoms with Crippen LogP contribution < -0.4 is 10.6 Å². The SMILES string of the molecule is Cc1ncn(CCNC(=O)[C@@H]2[C@H]3CC[C@@H]2NC3)c1C.Cl.Cl. The molecule has 2 fully saturated rings. The van der Waals surface area contributed by atoms with Crippen LogP contribution >= 0.6 is 24.8 Å². The molecule has 1 aliphatic carbocycles. The number of hydrogen-bond acceptors (Lipinski definition) is 3. The fourth-order valence-electron chi connectivity index (χ4n) is 3.43. The highest BCUT2D eigenvalue weighted by molar-refractivity contribution is 5.85. The van der Waals surface area contributed by atoms with Gasteiger partial charge < -0.3 is 15.2 Å². The molecule has 1 amide bonds. The van der Waals surface area contributed by atoms with Crippen LogP contribution in [0.3, 0.4) is 0 Å². The fraction of sp³-hybridized carbons (Fsp3) is 0.714. The number of hydrogen-bond donors (Lipinski definition) is 2. The lowest BCUT2D eigenvalue weighted by Gasteiger charge is -2.15. The zero-order valence-corrected chi connectivity index (χ0v) is 14.1. The van der Waals surface area contributed by atoms with Gasteiger partial charge in [-0.2, -0.15) is 0 Å². The number of fused-ring (bicyclic) bond motifs is 2. The number of aromatic nitrogens is 2. The van der Waals surface area contributed by atoms with Crippen molar-refractivity contribution in [3.8, 4) is 0 Å². The van der Waals surface area contributed by atoms with E-state index < -0.39 is 0 Å². The van der Waals surface area contributed by atoms with Gasteiger partial charge in [-0.05, 0) is 39.2 Å². The highest BCUT2D eigenvalue weighted by Crippen LogP contribution is 2.36. The summed E-state index contributed by atoms with van der Waals surface area (Å²) in [5.74, 6) is 0.986. The molecule has 120 valence electrons. The lowest BCUT2D eigenvalue weighted by Crippen LogP contribution is -2.38. The van der Waals surface area contributed by atoms with Crippen molar-refractivity contribution in [1.82, 2.24) is 20.2 Å². The molecule has 21 heavy (non-hydrogen) atoms. The van der Waals surface area contributed by atoms with E-state index in [9.17, 15) is 4.79 Å². The molecule has 2 aliphatic rings. The van der Waals surface area contributed by atoms with Crippen molar-refractivity contribution in [2.24, 2.45) is 11.8 Å². The van der Waals surface area contributed by atoms with Crippen molar-refractivity contribution >= 4 is 30.7 Å². The van der Waals surface area contributed by atoms with Crippen LogP contribution in [-0.2, 0) is 11.3 Å². The Balaban J connectivity index is 0.00000110. The van der Waals surface area contributed by atoms with Gasteiger partial charge in [0.25, 0.3) is 0 Å². The zero-order chi connectivity index (χ0) is 13.4. The van der Waals surface area contributed by atoms with Gasteiger partial charge in [-0.1, -0.05) is 0 Å². The van der Waals surface area contributed by atoms with E-state index in [1.54, 1.807) is 0 Å². The normalized spacial score (nSPS) is 26.1. The first-order valence-electron chi connectivity index (χ1n) is 7.16. The molecule has 1 aromatic heterocycles. The second kappa shape index (κ2) is 7.47. The Morgan fingerprint density at radius 1 is 1.43 bits per heavy atom. The highest BCUT2D eigenvalue weighted by atomic mass is 35.5. The molecule has 0 aromatic carbocycles. The first-order chi connectivity index (χ1) is 9.16. The van der Waals surface area contributed by atoms with Gasteiger partial charge in [0.2, 0.25) is 5.91 Å². The molecular formula is C14H24Cl2N4O. The third-order valence-electron chi connectivity index (χ3n) is 4.73. The molecule has 2 N–H and O–H groups in total. The van der Waals surface area contributed by atoms with Crippen molar-refractivity contribution < 1.29 is 4.79 Å². The van der Waals surface area contributed by atoms with Crippen LogP contribution in [0.25, 0.3) is 0 Å². The first kappa shape index (κ1) is 18.3. The summed E-state index contributed by atoms with van der Waals surface area (Å²) < 4.78 is 2.09. The van der Waals surface area contributed by atoms with Crippen molar-refractivity contribution in [3.63, 3.8) is 0 Å². The average Bonchev–Trinajstić information content (AvgIpc) is 3.08. The van der Waals surface area contributed by atoms with Crippen LogP contribution in [0.4, 0.5) is 0 Å². The smallest absolute Gasteiger partial charge is 0.225 e. The van der Waals surface area contributed by atoms with Crippen molar-refractivity contribution in [3.05, 3.63) is 17.7 Å². The first-order valence-corrected chi connectivity index (χ1v) is 7.16. The summed E-state index contributed by atoms with van der Waals surface area (Å²) in [5.41, 5.74) is 2.24. The minimum atomic E-state index is 0. The molecule has 3 rings (SSSR count). The molecule has 3 atom stereocenters. The number of amides is 1. The number of aryl methyl sites for hydroxylation is 1. The van der Waals surface area contributed by atoms with Crippen molar-refractivity contribution in [2.45, 2.75) is 39.3 Å². The molecule has 2 heterocycles. The molecule has 1 saturated carbocycles. The second-order valence-corrected chi connectivity index (χ2v) is 5.78. The number of imidazole rings is 1. The summed E-state index contributed by atoms with van der Waals surface area (Å²) >= 11 is 0. The van der Waals surface area contributed by atoms with Crippen LogP contribution in [0.5, 0.6) is 0 Å². The summed E-state index contributed by atoms with van der Waals surface area (Å²) in [6.45, 7) is 6.57. The molecule has 0 spiro atoms. The lowest BCUT2D eigenvalue weighted by molar-refractivity contribution is -0.125. The standard InChI is InChI=1S/C14H22N4O.2ClH/c1-9-10(2)18(8-17-9)6-5-15-14(19)13-11-3-4-12(13)16-7-11;;/h8,11-13,16H,3-7H2,1-2H3,(H,15,19);2*1H/t11-,12-,13+;;/m0../s1. The van der Waals surface area contributed by atoms with Gasteiger partial charge in [0.1, 0.15) is 0 Å². The van der Waals surface area contributed by atoms with Gasteiger partial charge in [0, 0.05) is 24.8 Å². The molecule has 1 aliphatic heterocycles. The van der Waals surface area contributed by atoms with E-state index in [2.05, 4.69) is 27.1 Å². The van der Waals surface area contributed by atoms with E-state index in [0.717, 1.165) is 25.2 Å². The third-order valence-corrected chi connectivity index (χ3v) is 4.73. The number of nitrogens with one attached hydrogen (secondary N) is 2. The van der Waals surface area contributed by atoms with Crippen LogP contribution in [-0.4, -0.2) is 34.6 Å². The summed E-state index contributed by atoms with van der Waals surface area (Å²) in [6, 6.07) is 0.419. The molecule has 1 saturated heterocycles. The van der Waals surface area contributed by atoms with Gasteiger partial charge in [0.15, 0.2) is 0 Å². The Hall–Kier alpha value is -0.780. The molecule has 1 aromatic rings. The summed E-state index contributed by atoms with van der Waals surface area (Å²) in [4.78, 5) is 16.5. The maximum absolute atomic E-state index is 12.2. The molecular weight excluding hydrogens is 311 g/mol. The zero-order valence-electron chi connectivity index (χ0n) is 12.5. The maximum Gasteiger partial charge on any atom is 0.225 e. The van der Waals surface area contributed by atoms with Crippen LogP contribution in [0.15, 0.2) is 6.33 Å². The van der Waals surface area contributed by atoms with E-state index in [-0.39, 0.29) is 36.6 Å². The van der Waals surface area contributed by atoms with Crippen molar-refractivity contribution in [2.75, 3.05) is 13.1 Å². The van der Waals surface area contributed by atoms with E-state index in [1.807, 2.05) is 13.3 Å². The number of halogens is 2. The Kier molecular flexibility index (Phi) is 6.50. The average molecular weight is 335 g/mol. The fourth-order valence-corrected chi connectivity index (χ4v) is 3.43. The van der Waals surface area contributed by atoms with E-state index in [0.29, 0.717) is 18.5 Å². The predicted molar refractivity (Wildman–Crippen MR) is 87.2 cm³/mol. The van der Waals surface area contributed by atoms with Gasteiger partial charge in [0.05, 0.1) is 17.9 Å².